The predicted molar refractivity (Wildman–Crippen MR) is 244 cm³/mol. The van der Waals surface area contributed by atoms with Crippen LogP contribution in [0.3, 0.4) is 0 Å². The normalized spacial score (nSPS) is 15.2. The first-order valence-electron chi connectivity index (χ1n) is 21.8. The Morgan fingerprint density at radius 1 is 0.415 bits per heavy atom. The summed E-state index contributed by atoms with van der Waals surface area (Å²) in [6.07, 6.45) is 7.04. The molecule has 0 aromatic heterocycles. The molecule has 0 aliphatic carbocycles. The lowest BCUT2D eigenvalue weighted by Gasteiger charge is -2.30. The Morgan fingerprint density at radius 3 is 0.717 bits per heavy atom. The minimum atomic E-state index is 0.249. The molecule has 0 fully saturated rings. The molecule has 0 heterocycles. The fraction of sp³-hybridized carbons (Fsp3) is 1.00. The highest BCUT2D eigenvalue weighted by molar-refractivity contribution is 4.75. The summed E-state index contributed by atoms with van der Waals surface area (Å²) in [6, 6.07) is 0. The van der Waals surface area contributed by atoms with E-state index in [1.54, 1.807) is 7.11 Å². The van der Waals surface area contributed by atoms with Crippen molar-refractivity contribution in [3.63, 3.8) is 0 Å². The summed E-state index contributed by atoms with van der Waals surface area (Å²) in [5.74, 6) is 3.59. The largest absolute Gasteiger partial charge is 0.396 e. The van der Waals surface area contributed by atoms with Crippen molar-refractivity contribution in [2.45, 2.75) is 219 Å². The zero-order chi connectivity index (χ0) is 44.2. The second-order valence-electron chi connectivity index (χ2n) is 22.7. The lowest BCUT2D eigenvalue weighted by atomic mass is 9.77. The summed E-state index contributed by atoms with van der Waals surface area (Å²) in [5, 5.41) is 26.8. The van der Waals surface area contributed by atoms with E-state index in [2.05, 4.69) is 180 Å². The first-order chi connectivity index (χ1) is 23.5. The van der Waals surface area contributed by atoms with E-state index in [1.165, 1.54) is 19.3 Å². The highest BCUT2D eigenvalue weighted by Crippen LogP contribution is 2.31. The SMILES string of the molecule is CC(C)CC(CO)C(C)(C)C.CCC(C)(C)C.CCC(C)C(C)(C)C.CCC(CO)C(C)(C)C.CCC(CO)C(C)(C)C.CCC(COC)C(C)(C)C. The van der Waals surface area contributed by atoms with Gasteiger partial charge in [-0.3, -0.25) is 0 Å². The molecule has 0 saturated carbocycles. The fourth-order valence-electron chi connectivity index (χ4n) is 5.10. The number of rotatable bonds is 11. The van der Waals surface area contributed by atoms with Gasteiger partial charge < -0.3 is 20.1 Å². The molecule has 53 heavy (non-hydrogen) atoms. The monoisotopic (exact) mass is 763 g/mol. The van der Waals surface area contributed by atoms with Gasteiger partial charge in [-0.25, -0.2) is 0 Å². The maximum atomic E-state index is 9.11. The van der Waals surface area contributed by atoms with Gasteiger partial charge in [0, 0.05) is 33.5 Å². The number of aliphatic hydroxyl groups is 3. The third kappa shape index (κ3) is 44.4. The second-order valence-corrected chi connectivity index (χ2v) is 22.7. The van der Waals surface area contributed by atoms with E-state index >= 15 is 0 Å². The van der Waals surface area contributed by atoms with Crippen molar-refractivity contribution in [2.75, 3.05) is 33.5 Å². The van der Waals surface area contributed by atoms with Crippen molar-refractivity contribution >= 4 is 0 Å². The summed E-state index contributed by atoms with van der Waals surface area (Å²) in [4.78, 5) is 0. The van der Waals surface area contributed by atoms with Crippen LogP contribution < -0.4 is 0 Å². The predicted octanol–water partition coefficient (Wildman–Crippen LogP) is 15.0. The molecule has 0 radical (unpaired) electrons. The van der Waals surface area contributed by atoms with E-state index in [-0.39, 0.29) is 16.2 Å². The average Bonchev–Trinajstić information content (AvgIpc) is 2.97. The molecule has 0 spiro atoms. The van der Waals surface area contributed by atoms with Gasteiger partial charge in [-0.2, -0.15) is 0 Å². The Morgan fingerprint density at radius 2 is 0.679 bits per heavy atom. The molecule has 4 heteroatoms. The summed E-state index contributed by atoms with van der Waals surface area (Å²) in [5.41, 5.74) is 2.23. The summed E-state index contributed by atoms with van der Waals surface area (Å²) in [6.45, 7) is 59.4. The van der Waals surface area contributed by atoms with Crippen LogP contribution in [-0.4, -0.2) is 48.9 Å². The van der Waals surface area contributed by atoms with E-state index in [0.29, 0.717) is 65.7 Å². The molecular weight excluding hydrogens is 653 g/mol. The molecule has 5 atom stereocenters. The van der Waals surface area contributed by atoms with Crippen molar-refractivity contribution in [2.24, 2.45) is 68.0 Å². The molecule has 0 aliphatic heterocycles. The Kier molecular flexibility index (Phi) is 38.9. The topological polar surface area (TPSA) is 69.9 Å². The third-order valence-electron chi connectivity index (χ3n) is 11.3. The summed E-state index contributed by atoms with van der Waals surface area (Å²) in [7, 11) is 1.77. The molecular formula is C49H110O4. The van der Waals surface area contributed by atoms with E-state index < -0.39 is 0 Å². The summed E-state index contributed by atoms with van der Waals surface area (Å²) >= 11 is 0. The number of ether oxygens (including phenoxy) is 1. The average molecular weight is 763 g/mol. The highest BCUT2D eigenvalue weighted by atomic mass is 16.5. The van der Waals surface area contributed by atoms with Gasteiger partial charge in [0.2, 0.25) is 0 Å². The van der Waals surface area contributed by atoms with Gasteiger partial charge in [-0.15, -0.1) is 0 Å². The molecule has 0 saturated heterocycles. The number of aliphatic hydroxyl groups excluding tert-OH is 3. The van der Waals surface area contributed by atoms with E-state index in [4.69, 9.17) is 20.1 Å². The minimum Gasteiger partial charge on any atom is -0.396 e. The third-order valence-corrected chi connectivity index (χ3v) is 11.3. The standard InChI is InChI=1S/C10H22O.C9H20O.2C8H18O.C8H18.C6H14/c1-8(2)6-9(7-11)10(3,4)5;1-6-8(7-10-5)9(2,3)4;2*1-5-7(6-9)8(2,3)4;1-6-7(2)8(3,4)5;1-5-6(2,3)4/h8-9,11H,6-7H2,1-5H3;8H,6-7H2,1-5H3;2*7,9H,5-6H2,1-4H3;7H,6H2,1-5H3;5H2,1-4H3. The maximum absolute atomic E-state index is 9.11. The van der Waals surface area contributed by atoms with Crippen molar-refractivity contribution in [1.82, 2.24) is 0 Å². The molecule has 0 aliphatic rings. The number of hydrogen-bond donors (Lipinski definition) is 3. The van der Waals surface area contributed by atoms with Gasteiger partial charge in [0.1, 0.15) is 0 Å². The van der Waals surface area contributed by atoms with Crippen LogP contribution in [-0.2, 0) is 4.74 Å². The molecule has 0 aromatic rings. The van der Waals surface area contributed by atoms with Crippen molar-refractivity contribution in [1.29, 1.82) is 0 Å². The molecule has 0 rings (SSSR count). The minimum absolute atomic E-state index is 0.249. The molecule has 330 valence electrons. The molecule has 0 amide bonds. The van der Waals surface area contributed by atoms with Crippen LogP contribution in [0, 0.1) is 68.0 Å². The van der Waals surface area contributed by atoms with Crippen LogP contribution in [0.1, 0.15) is 219 Å². The first-order valence-corrected chi connectivity index (χ1v) is 21.8. The molecule has 3 N–H and O–H groups in total. The summed E-state index contributed by atoms with van der Waals surface area (Å²) < 4.78 is 5.12. The van der Waals surface area contributed by atoms with Gasteiger partial charge in [-0.05, 0) is 74.4 Å². The Bertz CT molecular complexity index is 714. The van der Waals surface area contributed by atoms with Gasteiger partial charge in [0.25, 0.3) is 0 Å². The molecule has 5 unspecified atom stereocenters. The number of hydrogen-bond acceptors (Lipinski definition) is 4. The second kappa shape index (κ2) is 31.9. The van der Waals surface area contributed by atoms with Crippen LogP contribution in [0.25, 0.3) is 0 Å². The van der Waals surface area contributed by atoms with Gasteiger partial charge >= 0.3 is 0 Å². The lowest BCUT2D eigenvalue weighted by molar-refractivity contribution is 0.0877. The van der Waals surface area contributed by atoms with Gasteiger partial charge in [-0.1, -0.05) is 212 Å². The van der Waals surface area contributed by atoms with Crippen LogP contribution in [0.4, 0.5) is 0 Å². The molecule has 0 bridgehead atoms. The van der Waals surface area contributed by atoms with Crippen LogP contribution >= 0.6 is 0 Å². The van der Waals surface area contributed by atoms with Gasteiger partial charge in [0.15, 0.2) is 0 Å². The highest BCUT2D eigenvalue weighted by Gasteiger charge is 2.25. The van der Waals surface area contributed by atoms with E-state index in [9.17, 15) is 0 Å². The molecule has 0 aromatic carbocycles. The van der Waals surface area contributed by atoms with Crippen molar-refractivity contribution in [3.8, 4) is 0 Å². The Hall–Kier alpha value is -0.160. The quantitative estimate of drug-likeness (QED) is 0.196. The lowest BCUT2D eigenvalue weighted by Crippen LogP contribution is -2.25. The zero-order valence-corrected chi connectivity index (χ0v) is 42.3. The van der Waals surface area contributed by atoms with Crippen LogP contribution in [0.2, 0.25) is 0 Å². The number of methoxy groups -OCH3 is 1. The maximum Gasteiger partial charge on any atom is 0.0495 e. The van der Waals surface area contributed by atoms with Crippen LogP contribution in [0.5, 0.6) is 0 Å². The van der Waals surface area contributed by atoms with Crippen LogP contribution in [0.15, 0.2) is 0 Å². The Labute approximate surface area is 339 Å². The van der Waals surface area contributed by atoms with E-state index in [1.807, 2.05) is 0 Å². The molecule has 4 nitrogen and oxygen atoms in total. The smallest absolute Gasteiger partial charge is 0.0495 e. The first kappa shape index (κ1) is 64.7. The van der Waals surface area contributed by atoms with Gasteiger partial charge in [0.05, 0.1) is 0 Å². The fourth-order valence-corrected chi connectivity index (χ4v) is 5.10. The zero-order valence-electron chi connectivity index (χ0n) is 42.3. The van der Waals surface area contributed by atoms with Crippen molar-refractivity contribution < 1.29 is 20.1 Å². The van der Waals surface area contributed by atoms with E-state index in [0.717, 1.165) is 31.8 Å². The Balaban J connectivity index is -0.000000126. The van der Waals surface area contributed by atoms with Crippen molar-refractivity contribution in [3.05, 3.63) is 0 Å².